The van der Waals surface area contributed by atoms with Crippen LogP contribution in [0.4, 0.5) is 5.69 Å². The lowest BCUT2D eigenvalue weighted by Crippen LogP contribution is -2.28. The summed E-state index contributed by atoms with van der Waals surface area (Å²) >= 11 is 0. The van der Waals surface area contributed by atoms with E-state index in [2.05, 4.69) is 10.6 Å². The van der Waals surface area contributed by atoms with Gasteiger partial charge in [0, 0.05) is 19.7 Å². The zero-order chi connectivity index (χ0) is 19.5. The fraction of sp³-hybridized carbons (Fsp3) is 0.238. The summed E-state index contributed by atoms with van der Waals surface area (Å²) in [5.74, 6) is 0.201. The molecule has 2 rings (SSSR count). The quantitative estimate of drug-likeness (QED) is 0.527. The van der Waals surface area contributed by atoms with Crippen molar-refractivity contribution in [1.82, 2.24) is 5.32 Å². The SMILES string of the molecule is CCOc1ccc(/C=C/C(=O)Nc2ccccc2C(=O)NCCOC)cc1. The van der Waals surface area contributed by atoms with Gasteiger partial charge in [-0.2, -0.15) is 0 Å². The fourth-order valence-corrected chi connectivity index (χ4v) is 2.34. The molecular weight excluding hydrogens is 344 g/mol. The molecular formula is C21H24N2O4. The van der Waals surface area contributed by atoms with Gasteiger partial charge in [-0.25, -0.2) is 0 Å². The van der Waals surface area contributed by atoms with Gasteiger partial charge in [0.1, 0.15) is 5.75 Å². The molecule has 6 nitrogen and oxygen atoms in total. The van der Waals surface area contributed by atoms with Crippen LogP contribution >= 0.6 is 0 Å². The van der Waals surface area contributed by atoms with Gasteiger partial charge in [-0.1, -0.05) is 24.3 Å². The van der Waals surface area contributed by atoms with Crippen LogP contribution in [0, 0.1) is 0 Å². The van der Waals surface area contributed by atoms with Crippen LogP contribution < -0.4 is 15.4 Å². The van der Waals surface area contributed by atoms with Crippen LogP contribution in [0.1, 0.15) is 22.8 Å². The number of ether oxygens (including phenoxy) is 2. The summed E-state index contributed by atoms with van der Waals surface area (Å²) in [6.07, 6.45) is 3.13. The van der Waals surface area contributed by atoms with Crippen molar-refractivity contribution in [3.8, 4) is 5.75 Å². The van der Waals surface area contributed by atoms with Crippen LogP contribution in [0.2, 0.25) is 0 Å². The van der Waals surface area contributed by atoms with Gasteiger partial charge >= 0.3 is 0 Å². The molecule has 0 spiro atoms. The number of amides is 2. The number of para-hydroxylation sites is 1. The minimum atomic E-state index is -0.318. The van der Waals surface area contributed by atoms with Crippen LogP contribution in [0.15, 0.2) is 54.6 Å². The predicted octanol–water partition coefficient (Wildman–Crippen LogP) is 3.11. The Kier molecular flexibility index (Phi) is 8.06. The average molecular weight is 368 g/mol. The molecule has 0 aromatic heterocycles. The fourth-order valence-electron chi connectivity index (χ4n) is 2.34. The first-order chi connectivity index (χ1) is 13.1. The maximum atomic E-state index is 12.2. The van der Waals surface area contributed by atoms with Gasteiger partial charge in [0.25, 0.3) is 5.91 Å². The number of carbonyl (C=O) groups is 2. The first-order valence-corrected chi connectivity index (χ1v) is 8.72. The predicted molar refractivity (Wildman–Crippen MR) is 106 cm³/mol. The van der Waals surface area contributed by atoms with E-state index >= 15 is 0 Å². The maximum absolute atomic E-state index is 12.2. The lowest BCUT2D eigenvalue weighted by atomic mass is 10.1. The Morgan fingerprint density at radius 2 is 1.81 bits per heavy atom. The topological polar surface area (TPSA) is 76.7 Å². The van der Waals surface area contributed by atoms with E-state index in [4.69, 9.17) is 9.47 Å². The molecule has 0 fully saturated rings. The van der Waals surface area contributed by atoms with Crippen LogP contribution in [0.25, 0.3) is 6.08 Å². The number of anilines is 1. The molecule has 0 saturated carbocycles. The molecule has 0 heterocycles. The van der Waals surface area contributed by atoms with E-state index < -0.39 is 0 Å². The van der Waals surface area contributed by atoms with Gasteiger partial charge in [0.15, 0.2) is 0 Å². The average Bonchev–Trinajstić information content (AvgIpc) is 2.68. The van der Waals surface area contributed by atoms with Crippen LogP contribution in [-0.2, 0) is 9.53 Å². The van der Waals surface area contributed by atoms with E-state index in [1.165, 1.54) is 6.08 Å². The van der Waals surface area contributed by atoms with E-state index in [1.807, 2.05) is 31.2 Å². The Morgan fingerprint density at radius 1 is 1.07 bits per heavy atom. The van der Waals surface area contributed by atoms with Crippen molar-refractivity contribution in [3.05, 3.63) is 65.7 Å². The molecule has 0 unspecified atom stereocenters. The first-order valence-electron chi connectivity index (χ1n) is 8.72. The Hall–Kier alpha value is -3.12. The van der Waals surface area contributed by atoms with E-state index in [0.29, 0.717) is 31.0 Å². The second-order valence-electron chi connectivity index (χ2n) is 5.62. The van der Waals surface area contributed by atoms with E-state index in [-0.39, 0.29) is 11.8 Å². The molecule has 0 bridgehead atoms. The van der Waals surface area contributed by atoms with Gasteiger partial charge in [0.05, 0.1) is 24.5 Å². The number of methoxy groups -OCH3 is 1. The third-order valence-corrected chi connectivity index (χ3v) is 3.64. The van der Waals surface area contributed by atoms with E-state index in [1.54, 1.807) is 37.5 Å². The first kappa shape index (κ1) is 20.2. The highest BCUT2D eigenvalue weighted by Gasteiger charge is 2.11. The molecule has 0 atom stereocenters. The van der Waals surface area contributed by atoms with E-state index in [0.717, 1.165) is 11.3 Å². The third kappa shape index (κ3) is 6.60. The molecule has 0 aliphatic heterocycles. The minimum absolute atomic E-state index is 0.265. The van der Waals surface area contributed by atoms with Crippen molar-refractivity contribution in [2.75, 3.05) is 32.2 Å². The van der Waals surface area contributed by atoms with Gasteiger partial charge in [0.2, 0.25) is 5.91 Å². The summed E-state index contributed by atoms with van der Waals surface area (Å²) in [6, 6.07) is 14.3. The monoisotopic (exact) mass is 368 g/mol. The summed E-state index contributed by atoms with van der Waals surface area (Å²) in [7, 11) is 1.57. The molecule has 0 aliphatic carbocycles. The minimum Gasteiger partial charge on any atom is -0.494 e. The van der Waals surface area contributed by atoms with Crippen molar-refractivity contribution in [1.29, 1.82) is 0 Å². The van der Waals surface area contributed by atoms with Gasteiger partial charge in [-0.05, 0) is 42.8 Å². The second kappa shape index (κ2) is 10.8. The molecule has 2 aromatic rings. The maximum Gasteiger partial charge on any atom is 0.253 e. The number of nitrogens with one attached hydrogen (secondary N) is 2. The highest BCUT2D eigenvalue weighted by atomic mass is 16.5. The van der Waals surface area contributed by atoms with Crippen molar-refractivity contribution >= 4 is 23.6 Å². The van der Waals surface area contributed by atoms with Gasteiger partial charge in [-0.15, -0.1) is 0 Å². The van der Waals surface area contributed by atoms with Crippen molar-refractivity contribution in [3.63, 3.8) is 0 Å². The highest BCUT2D eigenvalue weighted by Crippen LogP contribution is 2.16. The van der Waals surface area contributed by atoms with Gasteiger partial charge in [-0.3, -0.25) is 9.59 Å². The van der Waals surface area contributed by atoms with Crippen LogP contribution in [0.5, 0.6) is 5.75 Å². The third-order valence-electron chi connectivity index (χ3n) is 3.64. The normalized spacial score (nSPS) is 10.6. The Labute approximate surface area is 159 Å². The molecule has 6 heteroatoms. The molecule has 0 radical (unpaired) electrons. The number of rotatable bonds is 9. The second-order valence-corrected chi connectivity index (χ2v) is 5.62. The molecule has 142 valence electrons. The number of carbonyl (C=O) groups excluding carboxylic acids is 2. The van der Waals surface area contributed by atoms with Crippen LogP contribution in [0.3, 0.4) is 0 Å². The molecule has 2 aromatic carbocycles. The standard InChI is InChI=1S/C21H24N2O4/c1-3-27-17-11-8-16(9-12-17)10-13-20(24)23-19-7-5-4-6-18(19)21(25)22-14-15-26-2/h4-13H,3,14-15H2,1-2H3,(H,22,25)(H,23,24)/b13-10+. The summed E-state index contributed by atoms with van der Waals surface area (Å²) in [4.78, 5) is 24.5. The number of hydrogen-bond donors (Lipinski definition) is 2. The summed E-state index contributed by atoms with van der Waals surface area (Å²) in [5, 5.41) is 5.48. The smallest absolute Gasteiger partial charge is 0.253 e. The zero-order valence-corrected chi connectivity index (χ0v) is 15.5. The number of benzene rings is 2. The van der Waals surface area contributed by atoms with E-state index in [9.17, 15) is 9.59 Å². The summed E-state index contributed by atoms with van der Waals surface area (Å²) < 4.78 is 10.3. The molecule has 0 saturated heterocycles. The van der Waals surface area contributed by atoms with Crippen LogP contribution in [-0.4, -0.2) is 38.7 Å². The largest absolute Gasteiger partial charge is 0.494 e. The molecule has 2 amide bonds. The van der Waals surface area contributed by atoms with Crippen molar-refractivity contribution in [2.45, 2.75) is 6.92 Å². The van der Waals surface area contributed by atoms with Crippen molar-refractivity contribution < 1.29 is 19.1 Å². The lowest BCUT2D eigenvalue weighted by molar-refractivity contribution is -0.111. The molecule has 2 N–H and O–H groups in total. The molecule has 27 heavy (non-hydrogen) atoms. The lowest BCUT2D eigenvalue weighted by Gasteiger charge is -2.10. The Morgan fingerprint density at radius 3 is 2.52 bits per heavy atom. The Balaban J connectivity index is 1.99. The number of hydrogen-bond acceptors (Lipinski definition) is 4. The highest BCUT2D eigenvalue weighted by molar-refractivity contribution is 6.07. The van der Waals surface area contributed by atoms with Gasteiger partial charge < -0.3 is 20.1 Å². The van der Waals surface area contributed by atoms with Crippen molar-refractivity contribution in [2.24, 2.45) is 0 Å². The summed E-state index contributed by atoms with van der Waals surface area (Å²) in [5.41, 5.74) is 1.73. The zero-order valence-electron chi connectivity index (χ0n) is 15.5. The molecule has 0 aliphatic rings. The Bertz CT molecular complexity index is 785. The summed E-state index contributed by atoms with van der Waals surface area (Å²) in [6.45, 7) is 3.35.